The highest BCUT2D eigenvalue weighted by Gasteiger charge is 2.22. The standard InChI is InChI=1S/C10H14N4O2/c1-4-6-8(10(15)16-3)9-12-11-7(5-2)14(9)13-6/h12H,4-5H2,1-3H3. The van der Waals surface area contributed by atoms with Crippen LogP contribution in [-0.2, 0) is 17.6 Å². The molecule has 0 aromatic carbocycles. The summed E-state index contributed by atoms with van der Waals surface area (Å²) in [5.41, 5.74) is 1.83. The number of rotatable bonds is 3. The summed E-state index contributed by atoms with van der Waals surface area (Å²) in [6.45, 7) is 3.94. The van der Waals surface area contributed by atoms with Crippen molar-refractivity contribution in [1.82, 2.24) is 19.8 Å². The fraction of sp³-hybridized carbons (Fsp3) is 0.500. The Morgan fingerprint density at radius 2 is 2.19 bits per heavy atom. The third-order valence-electron chi connectivity index (χ3n) is 2.53. The van der Waals surface area contributed by atoms with E-state index >= 15 is 0 Å². The zero-order chi connectivity index (χ0) is 11.7. The summed E-state index contributed by atoms with van der Waals surface area (Å²) >= 11 is 0. The van der Waals surface area contributed by atoms with Gasteiger partial charge in [0.2, 0.25) is 0 Å². The maximum atomic E-state index is 11.6. The minimum Gasteiger partial charge on any atom is -0.465 e. The van der Waals surface area contributed by atoms with Crippen LogP contribution in [0.2, 0.25) is 0 Å². The number of nitrogens with zero attached hydrogens (tertiary/aromatic N) is 3. The van der Waals surface area contributed by atoms with E-state index in [2.05, 4.69) is 15.3 Å². The molecule has 1 N–H and O–H groups in total. The van der Waals surface area contributed by atoms with Crippen LogP contribution < -0.4 is 0 Å². The molecule has 0 unspecified atom stereocenters. The molecule has 0 saturated heterocycles. The number of methoxy groups -OCH3 is 1. The number of hydrogen-bond acceptors (Lipinski definition) is 4. The molecule has 2 aromatic rings. The van der Waals surface area contributed by atoms with Crippen molar-refractivity contribution in [2.45, 2.75) is 26.7 Å². The van der Waals surface area contributed by atoms with Crippen LogP contribution in [0.25, 0.3) is 5.65 Å². The third-order valence-corrected chi connectivity index (χ3v) is 2.53. The molecular formula is C10H14N4O2. The summed E-state index contributed by atoms with van der Waals surface area (Å²) in [5.74, 6) is 0.429. The normalized spacial score (nSPS) is 10.9. The molecule has 0 atom stereocenters. The van der Waals surface area contributed by atoms with Gasteiger partial charge in [-0.2, -0.15) is 14.7 Å². The first-order valence-corrected chi connectivity index (χ1v) is 5.26. The first-order valence-electron chi connectivity index (χ1n) is 5.26. The molecule has 16 heavy (non-hydrogen) atoms. The predicted octanol–water partition coefficient (Wildman–Crippen LogP) is 0.969. The molecule has 0 aliphatic rings. The van der Waals surface area contributed by atoms with Gasteiger partial charge in [-0.1, -0.05) is 13.8 Å². The maximum Gasteiger partial charge on any atom is 0.343 e. The van der Waals surface area contributed by atoms with Crippen LogP contribution in [0.3, 0.4) is 0 Å². The Hall–Kier alpha value is -1.85. The number of ether oxygens (including phenoxy) is 1. The molecular weight excluding hydrogens is 208 g/mol. The molecule has 86 valence electrons. The summed E-state index contributed by atoms with van der Waals surface area (Å²) < 4.78 is 6.42. The molecule has 6 heteroatoms. The lowest BCUT2D eigenvalue weighted by atomic mass is 10.2. The summed E-state index contributed by atoms with van der Waals surface area (Å²) in [6, 6.07) is 0. The van der Waals surface area contributed by atoms with Gasteiger partial charge in [0.15, 0.2) is 11.5 Å². The van der Waals surface area contributed by atoms with E-state index < -0.39 is 0 Å². The molecule has 0 spiro atoms. The Labute approximate surface area is 92.6 Å². The number of esters is 1. The van der Waals surface area contributed by atoms with Crippen molar-refractivity contribution < 1.29 is 9.53 Å². The predicted molar refractivity (Wildman–Crippen MR) is 57.4 cm³/mol. The van der Waals surface area contributed by atoms with E-state index in [0.717, 1.165) is 17.9 Å². The van der Waals surface area contributed by atoms with Crippen molar-refractivity contribution in [1.29, 1.82) is 0 Å². The van der Waals surface area contributed by atoms with Crippen LogP contribution in [0.15, 0.2) is 0 Å². The van der Waals surface area contributed by atoms with Crippen molar-refractivity contribution in [2.24, 2.45) is 0 Å². The average molecular weight is 222 g/mol. The third kappa shape index (κ3) is 1.37. The van der Waals surface area contributed by atoms with Gasteiger partial charge in [0.1, 0.15) is 5.56 Å². The Kier molecular flexibility index (Phi) is 2.64. The van der Waals surface area contributed by atoms with Gasteiger partial charge in [-0.25, -0.2) is 4.79 Å². The Morgan fingerprint density at radius 3 is 2.75 bits per heavy atom. The molecule has 0 aliphatic heterocycles. The summed E-state index contributed by atoms with van der Waals surface area (Å²) in [6.07, 6.45) is 1.44. The number of hydrogen-bond donors (Lipinski definition) is 1. The van der Waals surface area contributed by atoms with Crippen LogP contribution in [0, 0.1) is 0 Å². The second-order valence-corrected chi connectivity index (χ2v) is 3.42. The topological polar surface area (TPSA) is 72.3 Å². The zero-order valence-electron chi connectivity index (χ0n) is 9.57. The van der Waals surface area contributed by atoms with E-state index in [9.17, 15) is 4.79 Å². The van der Waals surface area contributed by atoms with Gasteiger partial charge in [-0.3, -0.25) is 5.10 Å². The van der Waals surface area contributed by atoms with E-state index in [4.69, 9.17) is 4.74 Å². The molecule has 2 rings (SSSR count). The van der Waals surface area contributed by atoms with Crippen molar-refractivity contribution in [3.05, 3.63) is 17.1 Å². The lowest BCUT2D eigenvalue weighted by molar-refractivity contribution is 0.0601. The highest BCUT2D eigenvalue weighted by Crippen LogP contribution is 2.17. The highest BCUT2D eigenvalue weighted by atomic mass is 16.5. The quantitative estimate of drug-likeness (QED) is 0.785. The van der Waals surface area contributed by atoms with E-state index in [-0.39, 0.29) is 5.97 Å². The number of aromatic nitrogens is 4. The molecule has 6 nitrogen and oxygen atoms in total. The first kappa shape index (κ1) is 10.7. The summed E-state index contributed by atoms with van der Waals surface area (Å²) in [4.78, 5) is 11.6. The van der Waals surface area contributed by atoms with Crippen molar-refractivity contribution in [3.63, 3.8) is 0 Å². The molecule has 0 radical (unpaired) electrons. The molecule has 0 amide bonds. The number of nitrogens with one attached hydrogen (secondary N) is 1. The minimum absolute atomic E-state index is 0.377. The second kappa shape index (κ2) is 3.96. The van der Waals surface area contributed by atoms with Crippen LogP contribution in [-0.4, -0.2) is 32.9 Å². The number of carbonyl (C=O) groups is 1. The lowest BCUT2D eigenvalue weighted by Crippen LogP contribution is -2.04. The van der Waals surface area contributed by atoms with Crippen LogP contribution >= 0.6 is 0 Å². The van der Waals surface area contributed by atoms with Gasteiger partial charge in [-0.05, 0) is 6.42 Å². The van der Waals surface area contributed by atoms with Crippen LogP contribution in [0.1, 0.15) is 35.7 Å². The van der Waals surface area contributed by atoms with Crippen molar-refractivity contribution >= 4 is 11.6 Å². The van der Waals surface area contributed by atoms with Crippen LogP contribution in [0.4, 0.5) is 0 Å². The fourth-order valence-electron chi connectivity index (χ4n) is 1.71. The molecule has 0 saturated carbocycles. The largest absolute Gasteiger partial charge is 0.465 e. The highest BCUT2D eigenvalue weighted by molar-refractivity contribution is 5.97. The molecule has 2 heterocycles. The SMILES string of the molecule is CCc1nn2c(CC)n[nH]c2c1C(=O)OC. The summed E-state index contributed by atoms with van der Waals surface area (Å²) in [7, 11) is 1.36. The van der Waals surface area contributed by atoms with Crippen LogP contribution in [0.5, 0.6) is 0 Å². The van der Waals surface area contributed by atoms with Crippen molar-refractivity contribution in [2.75, 3.05) is 7.11 Å². The Bertz CT molecular complexity index is 526. The lowest BCUT2D eigenvalue weighted by Gasteiger charge is -1.96. The van der Waals surface area contributed by atoms with Gasteiger partial charge in [-0.15, -0.1) is 0 Å². The van der Waals surface area contributed by atoms with Gasteiger partial charge in [0, 0.05) is 6.42 Å². The van der Waals surface area contributed by atoms with Gasteiger partial charge in [0.05, 0.1) is 12.8 Å². The monoisotopic (exact) mass is 222 g/mol. The van der Waals surface area contributed by atoms with Gasteiger partial charge >= 0.3 is 5.97 Å². The van der Waals surface area contributed by atoms with E-state index in [1.54, 1.807) is 4.52 Å². The Balaban J connectivity index is 2.68. The maximum absolute atomic E-state index is 11.6. The number of aromatic amines is 1. The molecule has 0 aliphatic carbocycles. The van der Waals surface area contributed by atoms with Crippen molar-refractivity contribution in [3.8, 4) is 0 Å². The van der Waals surface area contributed by atoms with Gasteiger partial charge in [0.25, 0.3) is 0 Å². The number of carbonyl (C=O) groups excluding carboxylic acids is 1. The second-order valence-electron chi connectivity index (χ2n) is 3.42. The van der Waals surface area contributed by atoms with E-state index in [0.29, 0.717) is 17.6 Å². The van der Waals surface area contributed by atoms with Gasteiger partial charge < -0.3 is 4.74 Å². The smallest absolute Gasteiger partial charge is 0.343 e. The van der Waals surface area contributed by atoms with E-state index in [1.807, 2.05) is 13.8 Å². The van der Waals surface area contributed by atoms with E-state index in [1.165, 1.54) is 7.11 Å². The number of H-pyrrole nitrogens is 1. The molecule has 2 aromatic heterocycles. The molecule has 0 bridgehead atoms. The number of fused-ring (bicyclic) bond motifs is 1. The molecule has 0 fully saturated rings. The fourth-order valence-corrected chi connectivity index (χ4v) is 1.71. The Morgan fingerprint density at radius 1 is 1.44 bits per heavy atom. The zero-order valence-corrected chi connectivity index (χ0v) is 9.57. The number of aryl methyl sites for hydroxylation is 2. The summed E-state index contributed by atoms with van der Waals surface area (Å²) in [5, 5.41) is 11.3. The average Bonchev–Trinajstić information content (AvgIpc) is 2.85. The first-order chi connectivity index (χ1) is 7.72. The minimum atomic E-state index is -0.377.